The molecule has 0 N–H and O–H groups in total. The number of rotatable bonds is 4. The topological polar surface area (TPSA) is 30.8 Å². The van der Waals surface area contributed by atoms with Crippen LogP contribution in [-0.4, -0.2) is 32.8 Å². The lowest BCUT2D eigenvalue weighted by Gasteiger charge is -2.26. The maximum Gasteiger partial charge on any atom is 0.196 e. The molecule has 0 saturated carbocycles. The van der Waals surface area contributed by atoms with Crippen molar-refractivity contribution in [1.29, 1.82) is 0 Å². The molecule has 1 atom stereocenters. The van der Waals surface area contributed by atoms with Crippen LogP contribution in [0.3, 0.4) is 0 Å². The predicted molar refractivity (Wildman–Crippen MR) is 57.7 cm³/mol. The van der Waals surface area contributed by atoms with Crippen molar-refractivity contribution in [1.82, 2.24) is 0 Å². The average molecular weight is 199 g/mol. The fourth-order valence-corrected chi connectivity index (χ4v) is 1.84. The molecule has 0 amide bonds. The van der Waals surface area contributed by atoms with E-state index in [4.69, 9.17) is 9.47 Å². The lowest BCUT2D eigenvalue weighted by atomic mass is 9.88. The minimum absolute atomic E-state index is 0.233. The summed E-state index contributed by atoms with van der Waals surface area (Å²) in [5, 5.41) is 0. The molecule has 1 aliphatic rings. The van der Waals surface area contributed by atoms with Crippen molar-refractivity contribution in [2.75, 3.05) is 20.8 Å². The molecule has 0 bridgehead atoms. The maximum absolute atomic E-state index is 5.18. The van der Waals surface area contributed by atoms with Gasteiger partial charge in [-0.1, -0.05) is 13.8 Å². The molecule has 0 spiro atoms. The third-order valence-electron chi connectivity index (χ3n) is 2.94. The summed E-state index contributed by atoms with van der Waals surface area (Å²) >= 11 is 0. The molecule has 0 radical (unpaired) electrons. The summed E-state index contributed by atoms with van der Waals surface area (Å²) in [6, 6.07) is 0. The van der Waals surface area contributed by atoms with Crippen molar-refractivity contribution < 1.29 is 9.47 Å². The van der Waals surface area contributed by atoms with Gasteiger partial charge in [0.2, 0.25) is 0 Å². The van der Waals surface area contributed by atoms with Crippen LogP contribution >= 0.6 is 0 Å². The summed E-state index contributed by atoms with van der Waals surface area (Å²) in [4.78, 5) is 4.54. The number of hydrogen-bond donors (Lipinski definition) is 0. The number of aliphatic imine (C=N–C) groups is 1. The highest BCUT2D eigenvalue weighted by Crippen LogP contribution is 2.23. The molecule has 0 aromatic carbocycles. The maximum atomic E-state index is 5.18. The van der Waals surface area contributed by atoms with Crippen molar-refractivity contribution in [3.05, 3.63) is 0 Å². The van der Waals surface area contributed by atoms with Gasteiger partial charge in [-0.3, -0.25) is 4.99 Å². The Balaban J connectivity index is 2.51. The van der Waals surface area contributed by atoms with E-state index >= 15 is 0 Å². The normalized spacial score (nSPS) is 23.0. The SMILES string of the molecule is COC(OC)C1=NCC(C(C)C)CC1. The Morgan fingerprint density at radius 3 is 2.29 bits per heavy atom. The van der Waals surface area contributed by atoms with Gasteiger partial charge in [-0.15, -0.1) is 0 Å². The van der Waals surface area contributed by atoms with Gasteiger partial charge in [0.15, 0.2) is 6.29 Å². The molecule has 82 valence electrons. The van der Waals surface area contributed by atoms with E-state index in [0.717, 1.165) is 30.5 Å². The fourth-order valence-electron chi connectivity index (χ4n) is 1.84. The molecular weight excluding hydrogens is 178 g/mol. The summed E-state index contributed by atoms with van der Waals surface area (Å²) in [7, 11) is 3.32. The Morgan fingerprint density at radius 1 is 1.29 bits per heavy atom. The van der Waals surface area contributed by atoms with Gasteiger partial charge < -0.3 is 9.47 Å². The third kappa shape index (κ3) is 2.79. The average Bonchev–Trinajstić information content (AvgIpc) is 2.20. The van der Waals surface area contributed by atoms with Crippen LogP contribution in [0.1, 0.15) is 26.7 Å². The van der Waals surface area contributed by atoms with Crippen LogP contribution in [0.5, 0.6) is 0 Å². The Hall–Kier alpha value is -0.410. The molecule has 1 aliphatic heterocycles. The molecule has 3 nitrogen and oxygen atoms in total. The van der Waals surface area contributed by atoms with Crippen molar-refractivity contribution >= 4 is 5.71 Å². The van der Waals surface area contributed by atoms with Crippen LogP contribution in [0.25, 0.3) is 0 Å². The highest BCUT2D eigenvalue weighted by Gasteiger charge is 2.23. The molecule has 3 heteroatoms. The van der Waals surface area contributed by atoms with E-state index in [-0.39, 0.29) is 6.29 Å². The molecule has 14 heavy (non-hydrogen) atoms. The van der Waals surface area contributed by atoms with Crippen molar-refractivity contribution in [3.63, 3.8) is 0 Å². The molecule has 0 saturated heterocycles. The van der Waals surface area contributed by atoms with Crippen LogP contribution in [-0.2, 0) is 9.47 Å². The van der Waals surface area contributed by atoms with Gasteiger partial charge in [0.25, 0.3) is 0 Å². The van der Waals surface area contributed by atoms with Crippen LogP contribution in [0, 0.1) is 11.8 Å². The number of hydrogen-bond acceptors (Lipinski definition) is 3. The molecule has 1 unspecified atom stereocenters. The first-order chi connectivity index (χ1) is 6.69. The Labute approximate surface area is 86.5 Å². The zero-order valence-electron chi connectivity index (χ0n) is 9.62. The lowest BCUT2D eigenvalue weighted by Crippen LogP contribution is -2.30. The quantitative estimate of drug-likeness (QED) is 0.649. The van der Waals surface area contributed by atoms with Crippen molar-refractivity contribution in [2.24, 2.45) is 16.8 Å². The first-order valence-corrected chi connectivity index (χ1v) is 5.27. The number of methoxy groups -OCH3 is 2. The van der Waals surface area contributed by atoms with E-state index in [0.29, 0.717) is 0 Å². The number of nitrogens with zero attached hydrogens (tertiary/aromatic N) is 1. The van der Waals surface area contributed by atoms with Crippen molar-refractivity contribution in [3.8, 4) is 0 Å². The second-order valence-corrected chi connectivity index (χ2v) is 4.18. The van der Waals surface area contributed by atoms with E-state index in [1.54, 1.807) is 14.2 Å². The molecule has 0 aromatic heterocycles. The van der Waals surface area contributed by atoms with E-state index < -0.39 is 0 Å². The molecule has 0 aliphatic carbocycles. The second-order valence-electron chi connectivity index (χ2n) is 4.18. The minimum Gasteiger partial charge on any atom is -0.351 e. The summed E-state index contributed by atoms with van der Waals surface area (Å²) < 4.78 is 10.4. The van der Waals surface area contributed by atoms with E-state index in [1.165, 1.54) is 6.42 Å². The predicted octanol–water partition coefficient (Wildman–Crippen LogP) is 2.11. The summed E-state index contributed by atoms with van der Waals surface area (Å²) in [6.07, 6.45) is 1.98. The standard InChI is InChI=1S/C11H21NO2/c1-8(2)9-5-6-10(12-7-9)11(13-3)14-4/h8-9,11H,5-7H2,1-4H3. The van der Waals surface area contributed by atoms with Crippen molar-refractivity contribution in [2.45, 2.75) is 33.0 Å². The Morgan fingerprint density at radius 2 is 1.93 bits per heavy atom. The number of ether oxygens (including phenoxy) is 2. The van der Waals surface area contributed by atoms with Crippen LogP contribution in [0.15, 0.2) is 4.99 Å². The zero-order valence-corrected chi connectivity index (χ0v) is 9.62. The van der Waals surface area contributed by atoms with Crippen LogP contribution < -0.4 is 0 Å². The lowest BCUT2D eigenvalue weighted by molar-refractivity contribution is -0.0540. The van der Waals surface area contributed by atoms with E-state index in [9.17, 15) is 0 Å². The molecule has 1 rings (SSSR count). The zero-order chi connectivity index (χ0) is 10.6. The third-order valence-corrected chi connectivity index (χ3v) is 2.94. The van der Waals surface area contributed by atoms with Gasteiger partial charge in [-0.2, -0.15) is 0 Å². The minimum atomic E-state index is -0.233. The first kappa shape index (κ1) is 11.7. The van der Waals surface area contributed by atoms with E-state index in [1.807, 2.05) is 0 Å². The summed E-state index contributed by atoms with van der Waals surface area (Å²) in [5.74, 6) is 1.46. The van der Waals surface area contributed by atoms with Gasteiger partial charge in [0, 0.05) is 20.8 Å². The summed E-state index contributed by atoms with van der Waals surface area (Å²) in [5.41, 5.74) is 1.06. The second kappa shape index (κ2) is 5.47. The Bertz CT molecular complexity index is 197. The molecular formula is C11H21NO2. The van der Waals surface area contributed by atoms with Gasteiger partial charge in [-0.05, 0) is 24.7 Å². The molecule has 0 aromatic rings. The van der Waals surface area contributed by atoms with Gasteiger partial charge in [0.05, 0.1) is 5.71 Å². The highest BCUT2D eigenvalue weighted by atomic mass is 16.7. The van der Waals surface area contributed by atoms with Gasteiger partial charge >= 0.3 is 0 Å². The fraction of sp³-hybridized carbons (Fsp3) is 0.909. The van der Waals surface area contributed by atoms with E-state index in [2.05, 4.69) is 18.8 Å². The van der Waals surface area contributed by atoms with Crippen LogP contribution in [0.2, 0.25) is 0 Å². The first-order valence-electron chi connectivity index (χ1n) is 5.27. The smallest absolute Gasteiger partial charge is 0.196 e. The van der Waals surface area contributed by atoms with Crippen LogP contribution in [0.4, 0.5) is 0 Å². The van der Waals surface area contributed by atoms with Gasteiger partial charge in [-0.25, -0.2) is 0 Å². The monoisotopic (exact) mass is 199 g/mol. The molecule has 0 fully saturated rings. The van der Waals surface area contributed by atoms with Gasteiger partial charge in [0.1, 0.15) is 0 Å². The highest BCUT2D eigenvalue weighted by molar-refractivity contribution is 5.88. The summed E-state index contributed by atoms with van der Waals surface area (Å²) in [6.45, 7) is 5.45. The Kier molecular flexibility index (Phi) is 4.55. The largest absolute Gasteiger partial charge is 0.351 e. The molecule has 1 heterocycles.